The standard InChI is InChI=1S/C16H19N5O.CH2O2/c1-12(22)21-9-2-4-14(11-21)13-5-8-17-15(10-13)20-16-18-6-3-7-19-16;2-1-3/h3,5-8,10,14H,2,4,9,11H2,1H3,(H,17,18,19,20);1H,(H,2,3). The molecule has 0 bridgehead atoms. The van der Waals surface area contributed by atoms with Crippen molar-refractivity contribution in [3.05, 3.63) is 42.4 Å². The fraction of sp³-hybridized carbons (Fsp3) is 0.353. The van der Waals surface area contributed by atoms with E-state index < -0.39 is 0 Å². The molecule has 25 heavy (non-hydrogen) atoms. The number of aromatic nitrogens is 3. The Hall–Kier alpha value is -3.03. The van der Waals surface area contributed by atoms with E-state index in [1.165, 1.54) is 5.56 Å². The molecule has 1 unspecified atom stereocenters. The lowest BCUT2D eigenvalue weighted by Gasteiger charge is -2.32. The zero-order valence-corrected chi connectivity index (χ0v) is 14.0. The summed E-state index contributed by atoms with van der Waals surface area (Å²) >= 11 is 0. The minimum absolute atomic E-state index is 0.148. The van der Waals surface area contributed by atoms with Crippen LogP contribution in [-0.4, -0.2) is 50.4 Å². The van der Waals surface area contributed by atoms with E-state index in [0.29, 0.717) is 11.9 Å². The number of rotatable bonds is 3. The predicted octanol–water partition coefficient (Wildman–Crippen LogP) is 2.04. The number of pyridine rings is 1. The van der Waals surface area contributed by atoms with Gasteiger partial charge in [0.15, 0.2) is 0 Å². The third-order valence-electron chi connectivity index (χ3n) is 3.93. The van der Waals surface area contributed by atoms with Gasteiger partial charge in [-0.1, -0.05) is 0 Å². The van der Waals surface area contributed by atoms with E-state index >= 15 is 0 Å². The van der Waals surface area contributed by atoms with Crippen molar-refractivity contribution in [3.8, 4) is 0 Å². The van der Waals surface area contributed by atoms with Crippen LogP contribution in [0.1, 0.15) is 31.2 Å². The van der Waals surface area contributed by atoms with E-state index in [2.05, 4.69) is 20.3 Å². The van der Waals surface area contributed by atoms with Crippen LogP contribution in [-0.2, 0) is 9.59 Å². The summed E-state index contributed by atoms with van der Waals surface area (Å²) in [7, 11) is 0. The Morgan fingerprint density at radius 3 is 2.72 bits per heavy atom. The molecule has 1 aliphatic heterocycles. The maximum atomic E-state index is 11.6. The lowest BCUT2D eigenvalue weighted by molar-refractivity contribution is -0.130. The molecule has 0 radical (unpaired) electrons. The second-order valence-corrected chi connectivity index (χ2v) is 5.58. The minimum Gasteiger partial charge on any atom is -0.483 e. The molecule has 2 N–H and O–H groups in total. The van der Waals surface area contributed by atoms with Crippen molar-refractivity contribution in [1.29, 1.82) is 0 Å². The Morgan fingerprint density at radius 1 is 1.32 bits per heavy atom. The second kappa shape index (κ2) is 9.31. The average molecular weight is 343 g/mol. The number of hydrogen-bond donors (Lipinski definition) is 2. The van der Waals surface area contributed by atoms with Crippen molar-refractivity contribution in [2.75, 3.05) is 18.4 Å². The molecule has 1 atom stereocenters. The molecule has 0 aromatic carbocycles. The molecular formula is C17H21N5O3. The van der Waals surface area contributed by atoms with Gasteiger partial charge in [0.2, 0.25) is 11.9 Å². The highest BCUT2D eigenvalue weighted by atomic mass is 16.3. The van der Waals surface area contributed by atoms with Crippen LogP contribution in [0.15, 0.2) is 36.8 Å². The van der Waals surface area contributed by atoms with Gasteiger partial charge in [0.25, 0.3) is 6.47 Å². The maximum absolute atomic E-state index is 11.6. The zero-order valence-electron chi connectivity index (χ0n) is 14.0. The summed E-state index contributed by atoms with van der Waals surface area (Å²) in [6.45, 7) is 3.02. The summed E-state index contributed by atoms with van der Waals surface area (Å²) in [6, 6.07) is 5.81. The summed E-state index contributed by atoms with van der Waals surface area (Å²) in [6.07, 6.45) is 7.29. The number of piperidine rings is 1. The molecule has 1 aliphatic rings. The molecule has 132 valence electrons. The van der Waals surface area contributed by atoms with Gasteiger partial charge in [0.05, 0.1) is 0 Å². The van der Waals surface area contributed by atoms with Crippen molar-refractivity contribution >= 4 is 24.1 Å². The van der Waals surface area contributed by atoms with Gasteiger partial charge in [-0.15, -0.1) is 0 Å². The average Bonchev–Trinajstić information content (AvgIpc) is 2.63. The van der Waals surface area contributed by atoms with Crippen LogP contribution in [0.3, 0.4) is 0 Å². The van der Waals surface area contributed by atoms with E-state index in [0.717, 1.165) is 31.7 Å². The Bertz CT molecular complexity index is 696. The fourth-order valence-electron chi connectivity index (χ4n) is 2.78. The van der Waals surface area contributed by atoms with Crippen LogP contribution in [0.5, 0.6) is 0 Å². The number of likely N-dealkylation sites (tertiary alicyclic amines) is 1. The molecule has 0 spiro atoms. The maximum Gasteiger partial charge on any atom is 0.290 e. The van der Waals surface area contributed by atoms with Crippen molar-refractivity contribution in [3.63, 3.8) is 0 Å². The van der Waals surface area contributed by atoms with Crippen LogP contribution in [0, 0.1) is 0 Å². The number of nitrogens with zero attached hydrogens (tertiary/aromatic N) is 4. The monoisotopic (exact) mass is 343 g/mol. The highest BCUT2D eigenvalue weighted by Crippen LogP contribution is 2.28. The number of hydrogen-bond acceptors (Lipinski definition) is 6. The fourth-order valence-corrected chi connectivity index (χ4v) is 2.78. The van der Waals surface area contributed by atoms with Gasteiger partial charge in [-0.05, 0) is 36.6 Å². The van der Waals surface area contributed by atoms with Gasteiger partial charge in [-0.3, -0.25) is 9.59 Å². The first-order valence-corrected chi connectivity index (χ1v) is 7.97. The molecule has 3 heterocycles. The number of amides is 1. The van der Waals surface area contributed by atoms with Gasteiger partial charge in [0.1, 0.15) is 5.82 Å². The molecule has 8 heteroatoms. The third kappa shape index (κ3) is 5.52. The first-order chi connectivity index (χ1) is 12.1. The highest BCUT2D eigenvalue weighted by molar-refractivity contribution is 5.73. The molecule has 0 aliphatic carbocycles. The zero-order chi connectivity index (χ0) is 18.1. The lowest BCUT2D eigenvalue weighted by atomic mass is 9.91. The summed E-state index contributed by atoms with van der Waals surface area (Å²) in [5, 5.41) is 9.99. The van der Waals surface area contributed by atoms with Crippen LogP contribution < -0.4 is 5.32 Å². The first-order valence-electron chi connectivity index (χ1n) is 7.97. The Kier molecular flexibility index (Phi) is 6.82. The quantitative estimate of drug-likeness (QED) is 0.821. The number of carboxylic acid groups (broad SMARTS) is 1. The van der Waals surface area contributed by atoms with Crippen LogP contribution >= 0.6 is 0 Å². The lowest BCUT2D eigenvalue weighted by Crippen LogP contribution is -2.37. The summed E-state index contributed by atoms with van der Waals surface area (Å²) in [4.78, 5) is 34.4. The summed E-state index contributed by atoms with van der Waals surface area (Å²) in [5.74, 6) is 1.76. The van der Waals surface area contributed by atoms with Gasteiger partial charge < -0.3 is 15.3 Å². The molecule has 3 rings (SSSR count). The van der Waals surface area contributed by atoms with Crippen molar-refractivity contribution in [2.24, 2.45) is 0 Å². The van der Waals surface area contributed by atoms with Gasteiger partial charge in [-0.2, -0.15) is 0 Å². The number of nitrogens with one attached hydrogen (secondary N) is 1. The SMILES string of the molecule is CC(=O)N1CCCC(c2ccnc(Nc3ncccn3)c2)C1.O=CO. The smallest absolute Gasteiger partial charge is 0.290 e. The molecule has 8 nitrogen and oxygen atoms in total. The normalized spacial score (nSPS) is 16.4. The Labute approximate surface area is 145 Å². The van der Waals surface area contributed by atoms with Crippen molar-refractivity contribution in [1.82, 2.24) is 19.9 Å². The first kappa shape index (κ1) is 18.3. The van der Waals surface area contributed by atoms with E-state index in [9.17, 15) is 4.79 Å². The third-order valence-corrected chi connectivity index (χ3v) is 3.93. The largest absolute Gasteiger partial charge is 0.483 e. The van der Waals surface area contributed by atoms with Gasteiger partial charge in [0, 0.05) is 44.5 Å². The molecule has 1 amide bonds. The molecule has 2 aromatic heterocycles. The summed E-state index contributed by atoms with van der Waals surface area (Å²) < 4.78 is 0. The van der Waals surface area contributed by atoms with Crippen molar-refractivity contribution in [2.45, 2.75) is 25.7 Å². The molecule has 1 saturated heterocycles. The Morgan fingerprint density at radius 2 is 2.04 bits per heavy atom. The highest BCUT2D eigenvalue weighted by Gasteiger charge is 2.23. The summed E-state index contributed by atoms with van der Waals surface area (Å²) in [5.41, 5.74) is 1.19. The minimum atomic E-state index is -0.250. The van der Waals surface area contributed by atoms with E-state index in [1.807, 2.05) is 17.0 Å². The van der Waals surface area contributed by atoms with Gasteiger partial charge >= 0.3 is 0 Å². The Balaban J connectivity index is 0.000000701. The number of carbonyl (C=O) groups is 2. The van der Waals surface area contributed by atoms with E-state index in [-0.39, 0.29) is 12.4 Å². The number of anilines is 2. The van der Waals surface area contributed by atoms with Gasteiger partial charge in [-0.25, -0.2) is 15.0 Å². The van der Waals surface area contributed by atoms with Crippen molar-refractivity contribution < 1.29 is 14.7 Å². The topological polar surface area (TPSA) is 108 Å². The van der Waals surface area contributed by atoms with Crippen LogP contribution in [0.4, 0.5) is 11.8 Å². The number of carbonyl (C=O) groups excluding carboxylic acids is 1. The van der Waals surface area contributed by atoms with Crippen LogP contribution in [0.25, 0.3) is 0 Å². The molecular weight excluding hydrogens is 322 g/mol. The molecule has 0 saturated carbocycles. The predicted molar refractivity (Wildman–Crippen MR) is 92.5 cm³/mol. The second-order valence-electron chi connectivity index (χ2n) is 5.58. The van der Waals surface area contributed by atoms with E-state index in [4.69, 9.17) is 9.90 Å². The molecule has 1 fully saturated rings. The van der Waals surface area contributed by atoms with E-state index in [1.54, 1.807) is 31.6 Å². The molecule has 2 aromatic rings. The van der Waals surface area contributed by atoms with Crippen LogP contribution in [0.2, 0.25) is 0 Å².